The predicted octanol–water partition coefficient (Wildman–Crippen LogP) is 1.55. The summed E-state index contributed by atoms with van der Waals surface area (Å²) in [7, 11) is 0. The standard InChI is InChI=1S/C15H18N4O2/c1-15(8-16)6-7-19(9-15)14(20)12-4-2-11(3-5-12)13-17-10-21-18-13/h2-5,10H,6-9,16H2,1H3. The number of hydrogen-bond donors (Lipinski definition) is 1. The van der Waals surface area contributed by atoms with Gasteiger partial charge in [-0.05, 0) is 30.5 Å². The maximum Gasteiger partial charge on any atom is 0.253 e. The largest absolute Gasteiger partial charge is 0.342 e. The summed E-state index contributed by atoms with van der Waals surface area (Å²) in [6.07, 6.45) is 2.24. The van der Waals surface area contributed by atoms with Gasteiger partial charge in [0, 0.05) is 24.2 Å². The molecular formula is C15H18N4O2. The van der Waals surface area contributed by atoms with Crippen LogP contribution >= 0.6 is 0 Å². The zero-order chi connectivity index (χ0) is 14.9. The second-order valence-corrected chi connectivity index (χ2v) is 5.82. The van der Waals surface area contributed by atoms with Crippen LogP contribution in [0.25, 0.3) is 11.4 Å². The molecule has 21 heavy (non-hydrogen) atoms. The molecular weight excluding hydrogens is 268 g/mol. The van der Waals surface area contributed by atoms with Gasteiger partial charge in [-0.2, -0.15) is 4.98 Å². The van der Waals surface area contributed by atoms with E-state index >= 15 is 0 Å². The molecule has 6 heteroatoms. The quantitative estimate of drug-likeness (QED) is 0.925. The Bertz CT molecular complexity index is 624. The maximum absolute atomic E-state index is 12.5. The normalized spacial score (nSPS) is 21.7. The molecule has 0 bridgehead atoms. The molecule has 110 valence electrons. The third-order valence-electron chi connectivity index (χ3n) is 4.09. The van der Waals surface area contributed by atoms with E-state index < -0.39 is 0 Å². The van der Waals surface area contributed by atoms with Gasteiger partial charge in [0.05, 0.1) is 0 Å². The molecule has 1 amide bonds. The van der Waals surface area contributed by atoms with Gasteiger partial charge >= 0.3 is 0 Å². The van der Waals surface area contributed by atoms with Crippen LogP contribution in [0.15, 0.2) is 35.2 Å². The molecule has 1 atom stereocenters. The molecule has 2 heterocycles. The van der Waals surface area contributed by atoms with E-state index in [0.29, 0.717) is 17.9 Å². The topological polar surface area (TPSA) is 85.2 Å². The Balaban J connectivity index is 1.74. The van der Waals surface area contributed by atoms with E-state index in [2.05, 4.69) is 17.1 Å². The third-order valence-corrected chi connectivity index (χ3v) is 4.09. The average molecular weight is 286 g/mol. The molecule has 1 aromatic heterocycles. The first-order valence-corrected chi connectivity index (χ1v) is 6.97. The molecule has 1 saturated heterocycles. The van der Waals surface area contributed by atoms with Crippen molar-refractivity contribution in [3.8, 4) is 11.4 Å². The molecule has 0 aliphatic carbocycles. The first-order valence-electron chi connectivity index (χ1n) is 6.97. The van der Waals surface area contributed by atoms with Gasteiger partial charge in [0.25, 0.3) is 5.91 Å². The fourth-order valence-corrected chi connectivity index (χ4v) is 2.61. The van der Waals surface area contributed by atoms with Crippen molar-refractivity contribution in [2.24, 2.45) is 11.1 Å². The fraction of sp³-hybridized carbons (Fsp3) is 0.400. The van der Waals surface area contributed by atoms with Crippen molar-refractivity contribution in [1.29, 1.82) is 0 Å². The number of amides is 1. The highest BCUT2D eigenvalue weighted by molar-refractivity contribution is 5.94. The van der Waals surface area contributed by atoms with Gasteiger partial charge in [0.1, 0.15) is 0 Å². The lowest BCUT2D eigenvalue weighted by Crippen LogP contribution is -2.34. The highest BCUT2D eigenvalue weighted by Crippen LogP contribution is 2.29. The van der Waals surface area contributed by atoms with Crippen molar-refractivity contribution in [2.75, 3.05) is 19.6 Å². The minimum Gasteiger partial charge on any atom is -0.342 e. The Morgan fingerprint density at radius 3 is 2.76 bits per heavy atom. The number of nitrogens with zero attached hydrogens (tertiary/aromatic N) is 3. The molecule has 3 rings (SSSR count). The summed E-state index contributed by atoms with van der Waals surface area (Å²) in [6, 6.07) is 7.25. The summed E-state index contributed by atoms with van der Waals surface area (Å²) in [5, 5.41) is 3.77. The van der Waals surface area contributed by atoms with Crippen LogP contribution in [-0.4, -0.2) is 40.6 Å². The molecule has 1 aliphatic rings. The van der Waals surface area contributed by atoms with Crippen molar-refractivity contribution in [3.63, 3.8) is 0 Å². The number of aromatic nitrogens is 2. The van der Waals surface area contributed by atoms with Crippen LogP contribution < -0.4 is 5.73 Å². The number of nitrogens with two attached hydrogens (primary N) is 1. The van der Waals surface area contributed by atoms with Crippen molar-refractivity contribution in [1.82, 2.24) is 15.0 Å². The smallest absolute Gasteiger partial charge is 0.253 e. The first kappa shape index (κ1) is 13.8. The second kappa shape index (κ2) is 5.29. The molecule has 2 N–H and O–H groups in total. The van der Waals surface area contributed by atoms with Crippen LogP contribution in [0.3, 0.4) is 0 Å². The zero-order valence-corrected chi connectivity index (χ0v) is 12.0. The second-order valence-electron chi connectivity index (χ2n) is 5.82. The van der Waals surface area contributed by atoms with Gasteiger partial charge in [0.2, 0.25) is 12.2 Å². The van der Waals surface area contributed by atoms with E-state index in [-0.39, 0.29) is 11.3 Å². The fourth-order valence-electron chi connectivity index (χ4n) is 2.61. The predicted molar refractivity (Wildman–Crippen MR) is 77.4 cm³/mol. The van der Waals surface area contributed by atoms with Gasteiger partial charge in [-0.25, -0.2) is 0 Å². The van der Waals surface area contributed by atoms with Gasteiger partial charge in [-0.1, -0.05) is 24.2 Å². The zero-order valence-electron chi connectivity index (χ0n) is 12.0. The summed E-state index contributed by atoms with van der Waals surface area (Å²) in [5.41, 5.74) is 7.32. The first-order chi connectivity index (χ1) is 10.1. The van der Waals surface area contributed by atoms with Gasteiger partial charge in [-0.15, -0.1) is 0 Å². The van der Waals surface area contributed by atoms with Crippen LogP contribution in [0.5, 0.6) is 0 Å². The summed E-state index contributed by atoms with van der Waals surface area (Å²) in [5.74, 6) is 0.567. The van der Waals surface area contributed by atoms with Crippen molar-refractivity contribution in [2.45, 2.75) is 13.3 Å². The number of carbonyl (C=O) groups excluding carboxylic acids is 1. The molecule has 1 unspecified atom stereocenters. The lowest BCUT2D eigenvalue weighted by Gasteiger charge is -2.22. The maximum atomic E-state index is 12.5. The van der Waals surface area contributed by atoms with Crippen LogP contribution in [0.1, 0.15) is 23.7 Å². The number of benzene rings is 1. The minimum atomic E-state index is 0.0419. The summed E-state index contributed by atoms with van der Waals surface area (Å²) in [4.78, 5) is 18.3. The summed E-state index contributed by atoms with van der Waals surface area (Å²) in [6.45, 7) is 4.21. The Kier molecular flexibility index (Phi) is 3.47. The van der Waals surface area contributed by atoms with Crippen LogP contribution in [-0.2, 0) is 0 Å². The van der Waals surface area contributed by atoms with Crippen molar-refractivity contribution >= 4 is 5.91 Å². The number of carbonyl (C=O) groups is 1. The number of likely N-dealkylation sites (tertiary alicyclic amines) is 1. The van der Waals surface area contributed by atoms with Crippen molar-refractivity contribution in [3.05, 3.63) is 36.2 Å². The Morgan fingerprint density at radius 2 is 2.19 bits per heavy atom. The molecule has 1 aliphatic heterocycles. The monoisotopic (exact) mass is 286 g/mol. The van der Waals surface area contributed by atoms with Crippen LogP contribution in [0, 0.1) is 5.41 Å². The Morgan fingerprint density at radius 1 is 1.43 bits per heavy atom. The molecule has 6 nitrogen and oxygen atoms in total. The van der Waals surface area contributed by atoms with Crippen LogP contribution in [0.2, 0.25) is 0 Å². The van der Waals surface area contributed by atoms with Crippen molar-refractivity contribution < 1.29 is 9.32 Å². The van der Waals surface area contributed by atoms with E-state index in [1.807, 2.05) is 17.0 Å². The van der Waals surface area contributed by atoms with E-state index in [9.17, 15) is 4.79 Å². The summed E-state index contributed by atoms with van der Waals surface area (Å²) >= 11 is 0. The SMILES string of the molecule is CC1(CN)CCN(C(=O)c2ccc(-c3ncon3)cc2)C1. The van der Waals surface area contributed by atoms with E-state index in [1.54, 1.807) is 12.1 Å². The van der Waals surface area contributed by atoms with E-state index in [0.717, 1.165) is 25.1 Å². The molecule has 0 radical (unpaired) electrons. The Labute approximate surface area is 122 Å². The number of hydrogen-bond acceptors (Lipinski definition) is 5. The highest BCUT2D eigenvalue weighted by atomic mass is 16.5. The van der Waals surface area contributed by atoms with Gasteiger partial charge in [0.15, 0.2) is 0 Å². The summed E-state index contributed by atoms with van der Waals surface area (Å²) < 4.78 is 4.72. The lowest BCUT2D eigenvalue weighted by atomic mass is 9.90. The molecule has 1 aromatic carbocycles. The molecule has 2 aromatic rings. The highest BCUT2D eigenvalue weighted by Gasteiger charge is 2.35. The molecule has 1 fully saturated rings. The third kappa shape index (κ3) is 2.67. The van der Waals surface area contributed by atoms with Gasteiger partial charge < -0.3 is 15.2 Å². The lowest BCUT2D eigenvalue weighted by molar-refractivity contribution is 0.0777. The van der Waals surface area contributed by atoms with Gasteiger partial charge in [-0.3, -0.25) is 4.79 Å². The molecule has 0 saturated carbocycles. The van der Waals surface area contributed by atoms with E-state index in [1.165, 1.54) is 6.39 Å². The molecule has 0 spiro atoms. The van der Waals surface area contributed by atoms with E-state index in [4.69, 9.17) is 10.3 Å². The Hall–Kier alpha value is -2.21. The van der Waals surface area contributed by atoms with Crippen LogP contribution in [0.4, 0.5) is 0 Å². The minimum absolute atomic E-state index is 0.0419. The average Bonchev–Trinajstić information content (AvgIpc) is 3.17. The number of rotatable bonds is 3.